The van der Waals surface area contributed by atoms with Gasteiger partial charge < -0.3 is 9.80 Å². The minimum Gasteiger partial charge on any atom is -0.343 e. The first kappa shape index (κ1) is 24.1. The number of halogens is 3. The zero-order valence-corrected chi connectivity index (χ0v) is 19.6. The molecule has 1 fully saturated rings. The summed E-state index contributed by atoms with van der Waals surface area (Å²) in [4.78, 5) is 25.4. The first-order valence-corrected chi connectivity index (χ1v) is 10.9. The predicted molar refractivity (Wildman–Crippen MR) is 126 cm³/mol. The van der Waals surface area contributed by atoms with Crippen molar-refractivity contribution in [3.8, 4) is 0 Å². The molecular weight excluding hydrogens is 465 g/mol. The minimum atomic E-state index is -4.36. The largest absolute Gasteiger partial charge is 0.416 e. The number of anilines is 2. The number of aryl methyl sites for hydroxylation is 2. The zero-order chi connectivity index (χ0) is 23.2. The molecule has 7 nitrogen and oxygen atoms in total. The van der Waals surface area contributed by atoms with Gasteiger partial charge in [-0.15, -0.1) is 0 Å². The fraction of sp³-hybridized carbons (Fsp3) is 0.391. The van der Waals surface area contributed by atoms with Gasteiger partial charge in [-0.3, -0.25) is 9.48 Å². The summed E-state index contributed by atoms with van der Waals surface area (Å²) >= 11 is 0. The molecule has 0 radical (unpaired) electrons. The number of likely N-dealkylation sites (N-methyl/N-ethyl adjacent to an activating group) is 1. The molecule has 0 N–H and O–H groups in total. The van der Waals surface area contributed by atoms with Gasteiger partial charge in [0.2, 0.25) is 5.91 Å². The number of aromatic nitrogens is 4. The molecule has 2 aliphatic heterocycles. The van der Waals surface area contributed by atoms with Gasteiger partial charge in [-0.05, 0) is 42.5 Å². The number of benzene rings is 1. The van der Waals surface area contributed by atoms with E-state index >= 15 is 0 Å². The van der Waals surface area contributed by atoms with Gasteiger partial charge in [-0.2, -0.15) is 31.8 Å². The summed E-state index contributed by atoms with van der Waals surface area (Å²) in [6, 6.07) is 5.14. The Morgan fingerprint density at radius 1 is 1.15 bits per heavy atom. The number of hydrogen-bond acceptors (Lipinski definition) is 5. The van der Waals surface area contributed by atoms with Crippen LogP contribution in [0.4, 0.5) is 24.7 Å². The van der Waals surface area contributed by atoms with Crippen molar-refractivity contribution in [1.82, 2.24) is 19.7 Å². The van der Waals surface area contributed by atoms with Crippen LogP contribution in [0.1, 0.15) is 35.4 Å². The number of rotatable bonds is 5. The van der Waals surface area contributed by atoms with E-state index in [0.717, 1.165) is 48.6 Å². The summed E-state index contributed by atoms with van der Waals surface area (Å²) in [5, 5.41) is 4.29. The van der Waals surface area contributed by atoms with Crippen LogP contribution in [0.3, 0.4) is 0 Å². The highest BCUT2D eigenvalue weighted by atomic mass is 32.1. The monoisotopic (exact) mass is 490 g/mol. The highest BCUT2D eigenvalue weighted by Gasteiger charge is 2.40. The highest BCUT2D eigenvalue weighted by Crippen LogP contribution is 2.37. The summed E-state index contributed by atoms with van der Waals surface area (Å²) < 4.78 is 40.4. The van der Waals surface area contributed by atoms with Crippen molar-refractivity contribution >= 4 is 30.9 Å². The van der Waals surface area contributed by atoms with Crippen LogP contribution in [0.15, 0.2) is 42.9 Å². The van der Waals surface area contributed by atoms with Crippen molar-refractivity contribution in [3.63, 3.8) is 0 Å². The number of carbonyl (C=O) groups excluding carboxylic acids is 1. The first-order chi connectivity index (χ1) is 15.8. The number of alkyl halides is 3. The third-order valence-electron chi connectivity index (χ3n) is 6.22. The van der Waals surface area contributed by atoms with E-state index in [1.54, 1.807) is 35.1 Å². The van der Waals surface area contributed by atoms with Crippen LogP contribution in [0, 0.1) is 0 Å². The molecule has 34 heavy (non-hydrogen) atoms. The van der Waals surface area contributed by atoms with Gasteiger partial charge >= 0.3 is 6.18 Å². The van der Waals surface area contributed by atoms with Crippen molar-refractivity contribution in [2.75, 3.05) is 23.4 Å². The van der Waals surface area contributed by atoms with Crippen molar-refractivity contribution in [1.29, 1.82) is 0 Å². The molecule has 1 saturated heterocycles. The van der Waals surface area contributed by atoms with Crippen molar-refractivity contribution < 1.29 is 18.0 Å². The lowest BCUT2D eigenvalue weighted by Crippen LogP contribution is -2.49. The maximum atomic E-state index is 12.9. The fourth-order valence-electron chi connectivity index (χ4n) is 4.50. The zero-order valence-electron chi connectivity index (χ0n) is 18.6. The Balaban J connectivity index is 0.00000274. The van der Waals surface area contributed by atoms with Crippen LogP contribution in [0.2, 0.25) is 0 Å². The van der Waals surface area contributed by atoms with Crippen LogP contribution >= 0.6 is 13.5 Å². The van der Waals surface area contributed by atoms with E-state index in [1.807, 2.05) is 6.20 Å². The average molecular weight is 491 g/mol. The molecule has 180 valence electrons. The van der Waals surface area contributed by atoms with Gasteiger partial charge in [0.1, 0.15) is 17.6 Å². The smallest absolute Gasteiger partial charge is 0.343 e. The molecule has 1 aromatic carbocycles. The maximum absolute atomic E-state index is 12.9. The third-order valence-corrected chi connectivity index (χ3v) is 6.22. The number of nitrogens with zero attached hydrogens (tertiary/aromatic N) is 6. The molecule has 11 heteroatoms. The molecule has 4 heterocycles. The Kier molecular flexibility index (Phi) is 6.57. The lowest BCUT2D eigenvalue weighted by atomic mass is 10.1. The van der Waals surface area contributed by atoms with Crippen LogP contribution in [0.25, 0.3) is 0 Å². The summed E-state index contributed by atoms with van der Waals surface area (Å²) in [6.07, 6.45) is 3.95. The van der Waals surface area contributed by atoms with E-state index in [4.69, 9.17) is 4.98 Å². The maximum Gasteiger partial charge on any atom is 0.416 e. The van der Waals surface area contributed by atoms with Gasteiger partial charge in [0, 0.05) is 26.2 Å². The van der Waals surface area contributed by atoms with E-state index in [2.05, 4.69) is 15.0 Å². The van der Waals surface area contributed by atoms with Crippen LogP contribution in [0.5, 0.6) is 0 Å². The summed E-state index contributed by atoms with van der Waals surface area (Å²) in [6.45, 7) is 1.08. The first-order valence-electron chi connectivity index (χ1n) is 10.9. The van der Waals surface area contributed by atoms with E-state index in [0.29, 0.717) is 24.2 Å². The van der Waals surface area contributed by atoms with Crippen LogP contribution in [-0.2, 0) is 30.4 Å². The van der Waals surface area contributed by atoms with Crippen molar-refractivity contribution in [2.24, 2.45) is 0 Å². The second kappa shape index (κ2) is 9.28. The molecule has 0 saturated carbocycles. The van der Waals surface area contributed by atoms with E-state index < -0.39 is 11.7 Å². The quantitative estimate of drug-likeness (QED) is 0.547. The topological polar surface area (TPSA) is 67.2 Å². The van der Waals surface area contributed by atoms with Gasteiger partial charge in [0.05, 0.1) is 24.5 Å². The molecule has 1 atom stereocenters. The SMILES string of the molecule is CN1C(=O)[C@@H]2CCCN2c2nc(CCc3cnn(Cc4cccc(C(F)(F)F)c4)c3)ncc21.S. The molecule has 2 aliphatic rings. The molecule has 3 aromatic rings. The Morgan fingerprint density at radius 2 is 1.97 bits per heavy atom. The normalized spacial score (nSPS) is 17.4. The van der Waals surface area contributed by atoms with Gasteiger partial charge in [0.25, 0.3) is 0 Å². The van der Waals surface area contributed by atoms with Crippen LogP contribution < -0.4 is 9.80 Å². The molecular formula is C23H25F3N6OS. The second-order valence-electron chi connectivity index (χ2n) is 8.49. The molecule has 0 aliphatic carbocycles. The molecule has 0 bridgehead atoms. The number of hydrogen-bond donors (Lipinski definition) is 0. The summed E-state index contributed by atoms with van der Waals surface area (Å²) in [5.74, 6) is 1.59. The number of carbonyl (C=O) groups is 1. The van der Waals surface area contributed by atoms with Crippen molar-refractivity contribution in [3.05, 3.63) is 65.4 Å². The van der Waals surface area contributed by atoms with Gasteiger partial charge in [0.15, 0.2) is 5.82 Å². The fourth-order valence-corrected chi connectivity index (χ4v) is 4.50. The van der Waals surface area contributed by atoms with E-state index in [-0.39, 0.29) is 32.0 Å². The molecule has 0 spiro atoms. The van der Waals surface area contributed by atoms with Crippen LogP contribution in [-0.4, -0.2) is 45.3 Å². The molecule has 5 rings (SSSR count). The Bertz CT molecular complexity index is 1200. The molecule has 2 aromatic heterocycles. The lowest BCUT2D eigenvalue weighted by Gasteiger charge is -2.36. The van der Waals surface area contributed by atoms with Gasteiger partial charge in [-0.25, -0.2) is 9.97 Å². The summed E-state index contributed by atoms with van der Waals surface area (Å²) in [7, 11) is 1.76. The third kappa shape index (κ3) is 4.61. The van der Waals surface area contributed by atoms with Crippen molar-refractivity contribution in [2.45, 2.75) is 44.4 Å². The Hall–Kier alpha value is -3.08. The number of fused-ring (bicyclic) bond motifs is 3. The highest BCUT2D eigenvalue weighted by molar-refractivity contribution is 7.59. The predicted octanol–water partition coefficient (Wildman–Crippen LogP) is 3.58. The summed E-state index contributed by atoms with van der Waals surface area (Å²) in [5.41, 5.74) is 1.56. The minimum absolute atomic E-state index is 0. The van der Waals surface area contributed by atoms with E-state index in [1.165, 1.54) is 6.07 Å². The number of amides is 1. The Morgan fingerprint density at radius 3 is 2.76 bits per heavy atom. The Labute approximate surface area is 202 Å². The van der Waals surface area contributed by atoms with E-state index in [9.17, 15) is 18.0 Å². The molecule has 0 unspecified atom stereocenters. The van der Waals surface area contributed by atoms with Gasteiger partial charge in [-0.1, -0.05) is 12.1 Å². The average Bonchev–Trinajstić information content (AvgIpc) is 3.45. The standard InChI is InChI=1S/C23H23F3N6O.H2S/c1-30-19-12-27-20(29-21(19)32-9-3-6-18(32)22(30)33)8-7-16-11-28-31(14-16)13-15-4-2-5-17(10-15)23(24,25)26;/h2,4-5,10-12,14,18H,3,6-9,13H2,1H3;1H2/t18-;/m0./s1. The second-order valence-corrected chi connectivity index (χ2v) is 8.49. The molecule has 1 amide bonds. The lowest BCUT2D eigenvalue weighted by molar-refractivity contribution is -0.137.